The second kappa shape index (κ2) is 7.49. The molecule has 1 aliphatic heterocycles. The van der Waals surface area contributed by atoms with Crippen LogP contribution in [0.3, 0.4) is 0 Å². The largest absolute Gasteiger partial charge is 0.492 e. The van der Waals surface area contributed by atoms with Gasteiger partial charge in [-0.3, -0.25) is 5.10 Å². The van der Waals surface area contributed by atoms with Crippen molar-refractivity contribution in [3.8, 4) is 28.5 Å². The quantitative estimate of drug-likeness (QED) is 0.640. The number of aryl methyl sites for hydroxylation is 1. The minimum absolute atomic E-state index is 0.272. The molecule has 0 amide bonds. The molecule has 0 spiro atoms. The van der Waals surface area contributed by atoms with E-state index in [1.54, 1.807) is 0 Å². The molecule has 0 radical (unpaired) electrons. The number of benzene rings is 2. The molecule has 26 heavy (non-hydrogen) atoms. The van der Waals surface area contributed by atoms with Crippen molar-refractivity contribution in [1.82, 2.24) is 15.5 Å². The van der Waals surface area contributed by atoms with E-state index in [1.165, 1.54) is 5.56 Å². The van der Waals surface area contributed by atoms with Crippen LogP contribution in [0.15, 0.2) is 48.7 Å². The molecule has 1 aliphatic rings. The Morgan fingerprint density at radius 1 is 1.12 bits per heavy atom. The number of aromatic nitrogens is 2. The molecule has 0 unspecified atom stereocenters. The maximum Gasteiger partial charge on any atom is 0.231 e. The van der Waals surface area contributed by atoms with Gasteiger partial charge in [0.05, 0.1) is 11.9 Å². The normalized spacial score (nSPS) is 12.3. The number of aromatic amines is 1. The van der Waals surface area contributed by atoms with E-state index in [4.69, 9.17) is 14.2 Å². The second-order valence-corrected chi connectivity index (χ2v) is 6.18. The highest BCUT2D eigenvalue weighted by atomic mass is 16.7. The lowest BCUT2D eigenvalue weighted by Crippen LogP contribution is -2.20. The summed E-state index contributed by atoms with van der Waals surface area (Å²) in [5, 5.41) is 10.7. The molecule has 0 atom stereocenters. The Bertz CT molecular complexity index is 874. The molecule has 6 heteroatoms. The Labute approximate surface area is 152 Å². The lowest BCUT2D eigenvalue weighted by molar-refractivity contribution is 0.173. The molecule has 3 aromatic rings. The SMILES string of the molecule is Cc1ccc(-c2[nH]ncc2CNCCOc2ccc3c(c2)OCO3)cc1. The third kappa shape index (κ3) is 3.65. The van der Waals surface area contributed by atoms with Crippen LogP contribution in [0, 0.1) is 6.92 Å². The average molecular weight is 351 g/mol. The zero-order chi connectivity index (χ0) is 17.8. The molecule has 0 fully saturated rings. The summed E-state index contributed by atoms with van der Waals surface area (Å²) in [6, 6.07) is 14.0. The fourth-order valence-electron chi connectivity index (χ4n) is 2.85. The third-order valence-corrected chi connectivity index (χ3v) is 4.27. The smallest absolute Gasteiger partial charge is 0.231 e. The first kappa shape index (κ1) is 16.5. The number of hydrogen-bond acceptors (Lipinski definition) is 5. The van der Waals surface area contributed by atoms with E-state index < -0.39 is 0 Å². The summed E-state index contributed by atoms with van der Waals surface area (Å²) in [6.45, 7) is 4.38. The summed E-state index contributed by atoms with van der Waals surface area (Å²) in [5.41, 5.74) is 4.57. The standard InChI is InChI=1S/C20H21N3O3/c1-14-2-4-15(5-3-14)20-16(12-22-23-20)11-21-8-9-24-17-6-7-18-19(10-17)26-13-25-18/h2-7,10,12,21H,8-9,11,13H2,1H3,(H,22,23). The lowest BCUT2D eigenvalue weighted by Gasteiger charge is -2.09. The van der Waals surface area contributed by atoms with Crippen LogP contribution in [0.1, 0.15) is 11.1 Å². The van der Waals surface area contributed by atoms with Crippen molar-refractivity contribution in [2.75, 3.05) is 19.9 Å². The number of nitrogens with zero attached hydrogens (tertiary/aromatic N) is 1. The summed E-state index contributed by atoms with van der Waals surface area (Å²) in [4.78, 5) is 0. The maximum atomic E-state index is 5.76. The molecular formula is C20H21N3O3. The summed E-state index contributed by atoms with van der Waals surface area (Å²) >= 11 is 0. The van der Waals surface area contributed by atoms with Gasteiger partial charge in [0, 0.05) is 24.7 Å². The number of rotatable bonds is 7. The van der Waals surface area contributed by atoms with Gasteiger partial charge >= 0.3 is 0 Å². The molecule has 0 saturated carbocycles. The second-order valence-electron chi connectivity index (χ2n) is 6.18. The molecule has 0 aliphatic carbocycles. The van der Waals surface area contributed by atoms with Crippen molar-refractivity contribution in [2.24, 2.45) is 0 Å². The Balaban J connectivity index is 1.27. The molecule has 0 saturated heterocycles. The Kier molecular flexibility index (Phi) is 4.75. The number of ether oxygens (including phenoxy) is 3. The van der Waals surface area contributed by atoms with Crippen molar-refractivity contribution in [1.29, 1.82) is 0 Å². The van der Waals surface area contributed by atoms with Gasteiger partial charge in [-0.1, -0.05) is 29.8 Å². The summed E-state index contributed by atoms with van der Waals surface area (Å²) in [7, 11) is 0. The van der Waals surface area contributed by atoms with E-state index >= 15 is 0 Å². The molecule has 2 aromatic carbocycles. The van der Waals surface area contributed by atoms with Gasteiger partial charge in [-0.25, -0.2) is 0 Å². The number of hydrogen-bond donors (Lipinski definition) is 2. The highest BCUT2D eigenvalue weighted by Crippen LogP contribution is 2.35. The highest BCUT2D eigenvalue weighted by Gasteiger charge is 2.13. The first-order valence-electron chi connectivity index (χ1n) is 8.62. The predicted octanol–water partition coefficient (Wildman–Crippen LogP) is 3.28. The zero-order valence-electron chi connectivity index (χ0n) is 14.6. The van der Waals surface area contributed by atoms with E-state index in [1.807, 2.05) is 24.4 Å². The van der Waals surface area contributed by atoms with E-state index in [-0.39, 0.29) is 6.79 Å². The van der Waals surface area contributed by atoms with Gasteiger partial charge in [-0.2, -0.15) is 5.10 Å². The van der Waals surface area contributed by atoms with Gasteiger partial charge in [0.25, 0.3) is 0 Å². The first-order chi connectivity index (χ1) is 12.8. The van der Waals surface area contributed by atoms with Crippen LogP contribution in [-0.4, -0.2) is 30.1 Å². The van der Waals surface area contributed by atoms with Crippen LogP contribution in [0.25, 0.3) is 11.3 Å². The van der Waals surface area contributed by atoms with Gasteiger partial charge in [0.15, 0.2) is 11.5 Å². The van der Waals surface area contributed by atoms with E-state index in [0.29, 0.717) is 6.61 Å². The van der Waals surface area contributed by atoms with E-state index in [0.717, 1.165) is 47.2 Å². The number of H-pyrrole nitrogens is 1. The summed E-state index contributed by atoms with van der Waals surface area (Å²) in [6.07, 6.45) is 1.86. The van der Waals surface area contributed by atoms with Gasteiger partial charge in [-0.15, -0.1) is 0 Å². The molecule has 2 heterocycles. The van der Waals surface area contributed by atoms with Crippen molar-refractivity contribution in [3.63, 3.8) is 0 Å². The predicted molar refractivity (Wildman–Crippen MR) is 98.5 cm³/mol. The van der Waals surface area contributed by atoms with Gasteiger partial charge in [0.1, 0.15) is 12.4 Å². The minimum Gasteiger partial charge on any atom is -0.492 e. The molecule has 4 rings (SSSR count). The molecule has 6 nitrogen and oxygen atoms in total. The fraction of sp³-hybridized carbons (Fsp3) is 0.250. The van der Waals surface area contributed by atoms with Gasteiger partial charge in [-0.05, 0) is 24.6 Å². The van der Waals surface area contributed by atoms with E-state index in [9.17, 15) is 0 Å². The third-order valence-electron chi connectivity index (χ3n) is 4.27. The van der Waals surface area contributed by atoms with Crippen LogP contribution in [-0.2, 0) is 6.54 Å². The molecular weight excluding hydrogens is 330 g/mol. The minimum atomic E-state index is 0.272. The Hall–Kier alpha value is -2.99. The molecule has 0 bridgehead atoms. The summed E-state index contributed by atoms with van der Waals surface area (Å²) < 4.78 is 16.4. The number of nitrogens with one attached hydrogen (secondary N) is 2. The Morgan fingerprint density at radius 2 is 1.96 bits per heavy atom. The maximum absolute atomic E-state index is 5.76. The fourth-order valence-corrected chi connectivity index (χ4v) is 2.85. The highest BCUT2D eigenvalue weighted by molar-refractivity contribution is 5.62. The van der Waals surface area contributed by atoms with Crippen molar-refractivity contribution >= 4 is 0 Å². The molecule has 2 N–H and O–H groups in total. The van der Waals surface area contributed by atoms with Crippen LogP contribution >= 0.6 is 0 Å². The first-order valence-corrected chi connectivity index (χ1v) is 8.62. The van der Waals surface area contributed by atoms with E-state index in [2.05, 4.69) is 46.7 Å². The molecule has 1 aromatic heterocycles. The topological polar surface area (TPSA) is 68.4 Å². The average Bonchev–Trinajstić information content (AvgIpc) is 3.31. The molecule has 134 valence electrons. The monoisotopic (exact) mass is 351 g/mol. The number of fused-ring (bicyclic) bond motifs is 1. The van der Waals surface area contributed by atoms with Crippen molar-refractivity contribution < 1.29 is 14.2 Å². The summed E-state index contributed by atoms with van der Waals surface area (Å²) in [5.74, 6) is 2.27. The van der Waals surface area contributed by atoms with Gasteiger partial charge < -0.3 is 19.5 Å². The Morgan fingerprint density at radius 3 is 2.85 bits per heavy atom. The van der Waals surface area contributed by atoms with Crippen molar-refractivity contribution in [2.45, 2.75) is 13.5 Å². The van der Waals surface area contributed by atoms with Crippen LogP contribution in [0.2, 0.25) is 0 Å². The van der Waals surface area contributed by atoms with Crippen LogP contribution < -0.4 is 19.5 Å². The van der Waals surface area contributed by atoms with Crippen molar-refractivity contribution in [3.05, 3.63) is 59.8 Å². The lowest BCUT2D eigenvalue weighted by atomic mass is 10.1. The van der Waals surface area contributed by atoms with Crippen LogP contribution in [0.4, 0.5) is 0 Å². The van der Waals surface area contributed by atoms with Gasteiger partial charge in [0.2, 0.25) is 6.79 Å². The zero-order valence-corrected chi connectivity index (χ0v) is 14.6. The van der Waals surface area contributed by atoms with Crippen LogP contribution in [0.5, 0.6) is 17.2 Å².